The van der Waals surface area contributed by atoms with Crippen LogP contribution in [0.5, 0.6) is 0 Å². The summed E-state index contributed by atoms with van der Waals surface area (Å²) in [6.45, 7) is 1.91. The zero-order valence-corrected chi connectivity index (χ0v) is 13.5. The van der Waals surface area contributed by atoms with Gasteiger partial charge in [0, 0.05) is 17.2 Å². The summed E-state index contributed by atoms with van der Waals surface area (Å²) in [7, 11) is -4.06. The molecule has 0 radical (unpaired) electrons. The minimum Gasteiger partial charge on any atom is -0.326 e. The van der Waals surface area contributed by atoms with Crippen molar-refractivity contribution < 1.29 is 12.8 Å². The summed E-state index contributed by atoms with van der Waals surface area (Å²) in [5, 5.41) is 0. The van der Waals surface area contributed by atoms with E-state index < -0.39 is 20.7 Å². The largest absolute Gasteiger partial charge is 0.326 e. The molecule has 2 rings (SSSR count). The van der Waals surface area contributed by atoms with Crippen LogP contribution in [0.25, 0.3) is 0 Å². The van der Waals surface area contributed by atoms with Crippen molar-refractivity contribution in [1.82, 2.24) is 4.98 Å². The number of pyridine rings is 1. The molecule has 21 heavy (non-hydrogen) atoms. The fourth-order valence-electron chi connectivity index (χ4n) is 1.67. The molecule has 0 fully saturated rings. The third kappa shape index (κ3) is 3.58. The lowest BCUT2D eigenvalue weighted by Crippen LogP contribution is -2.16. The van der Waals surface area contributed by atoms with Gasteiger partial charge < -0.3 is 5.73 Å². The monoisotopic (exact) mass is 373 g/mol. The van der Waals surface area contributed by atoms with Gasteiger partial charge in [-0.3, -0.25) is 4.72 Å². The van der Waals surface area contributed by atoms with E-state index in [9.17, 15) is 12.8 Å². The van der Waals surface area contributed by atoms with Crippen molar-refractivity contribution in [2.45, 2.75) is 18.4 Å². The average molecular weight is 374 g/mol. The van der Waals surface area contributed by atoms with Crippen LogP contribution in [0.4, 0.5) is 10.2 Å². The van der Waals surface area contributed by atoms with Gasteiger partial charge in [0.15, 0.2) is 0 Å². The third-order valence-corrected chi connectivity index (χ3v) is 5.01. The Morgan fingerprint density at radius 3 is 2.71 bits per heavy atom. The lowest BCUT2D eigenvalue weighted by Gasteiger charge is -2.10. The first kappa shape index (κ1) is 15.9. The second-order valence-corrected chi connectivity index (χ2v) is 6.90. The van der Waals surface area contributed by atoms with Gasteiger partial charge in [-0.15, -0.1) is 0 Å². The van der Waals surface area contributed by atoms with Gasteiger partial charge in [0.2, 0.25) is 0 Å². The van der Waals surface area contributed by atoms with Gasteiger partial charge in [0.25, 0.3) is 10.0 Å². The van der Waals surface area contributed by atoms with E-state index in [1.165, 1.54) is 18.3 Å². The van der Waals surface area contributed by atoms with Crippen molar-refractivity contribution >= 4 is 31.8 Å². The molecule has 0 aliphatic heterocycles. The molecule has 112 valence electrons. The molecule has 1 aromatic heterocycles. The van der Waals surface area contributed by atoms with Crippen LogP contribution in [0.2, 0.25) is 0 Å². The van der Waals surface area contributed by atoms with E-state index in [1.807, 2.05) is 0 Å². The molecule has 5 nitrogen and oxygen atoms in total. The fourth-order valence-corrected chi connectivity index (χ4v) is 3.01. The van der Waals surface area contributed by atoms with Gasteiger partial charge in [0.05, 0.1) is 0 Å². The molecule has 0 spiro atoms. The van der Waals surface area contributed by atoms with Crippen molar-refractivity contribution in [3.05, 3.63) is 51.9 Å². The molecular formula is C13H13BrFN3O2S. The second kappa shape index (κ2) is 6.08. The number of hydrogen-bond acceptors (Lipinski definition) is 4. The Hall–Kier alpha value is -1.51. The van der Waals surface area contributed by atoms with Gasteiger partial charge in [-0.05, 0) is 52.2 Å². The van der Waals surface area contributed by atoms with E-state index in [-0.39, 0.29) is 12.4 Å². The highest BCUT2D eigenvalue weighted by atomic mass is 79.9. The van der Waals surface area contributed by atoms with Gasteiger partial charge in [-0.1, -0.05) is 6.07 Å². The van der Waals surface area contributed by atoms with Crippen LogP contribution >= 0.6 is 15.9 Å². The number of rotatable bonds is 4. The normalized spacial score (nSPS) is 11.4. The molecule has 0 saturated carbocycles. The Kier molecular flexibility index (Phi) is 4.60. The summed E-state index contributed by atoms with van der Waals surface area (Å²) in [4.78, 5) is 3.49. The molecule has 0 saturated heterocycles. The molecule has 0 unspecified atom stereocenters. The SMILES string of the molecule is Cc1cc(NS(=O)(=O)c2cc(CN)ccc2F)ncc1Br. The van der Waals surface area contributed by atoms with Crippen LogP contribution in [-0.4, -0.2) is 13.4 Å². The summed E-state index contributed by atoms with van der Waals surface area (Å²) in [5.74, 6) is -0.721. The molecular weight excluding hydrogens is 361 g/mol. The maximum atomic E-state index is 13.8. The van der Waals surface area contributed by atoms with E-state index >= 15 is 0 Å². The minimum atomic E-state index is -4.06. The first-order valence-electron chi connectivity index (χ1n) is 5.97. The number of anilines is 1. The highest BCUT2D eigenvalue weighted by Crippen LogP contribution is 2.22. The number of benzene rings is 1. The minimum absolute atomic E-state index is 0.119. The Balaban J connectivity index is 2.40. The van der Waals surface area contributed by atoms with Crippen molar-refractivity contribution in [3.63, 3.8) is 0 Å². The first-order chi connectivity index (χ1) is 9.83. The summed E-state index contributed by atoms with van der Waals surface area (Å²) >= 11 is 3.27. The maximum Gasteiger partial charge on any atom is 0.265 e. The maximum absolute atomic E-state index is 13.8. The molecule has 8 heteroatoms. The summed E-state index contributed by atoms with van der Waals surface area (Å²) in [6, 6.07) is 5.28. The number of halogens is 2. The Morgan fingerprint density at radius 2 is 2.10 bits per heavy atom. The predicted octanol–water partition coefficient (Wildman–Crippen LogP) is 2.55. The standard InChI is InChI=1S/C13H13BrFN3O2S/c1-8-4-13(17-7-10(8)14)18-21(19,20)12-5-9(6-16)2-3-11(12)15/h2-5,7H,6,16H2,1H3,(H,17,18). The Labute approximate surface area is 130 Å². The number of nitrogens with zero attached hydrogens (tertiary/aromatic N) is 1. The second-order valence-electron chi connectivity index (χ2n) is 4.39. The zero-order chi connectivity index (χ0) is 15.6. The molecule has 0 aliphatic carbocycles. The number of aromatic nitrogens is 1. The molecule has 3 N–H and O–H groups in total. The van der Waals surface area contributed by atoms with E-state index in [0.29, 0.717) is 5.56 Å². The highest BCUT2D eigenvalue weighted by molar-refractivity contribution is 9.10. The van der Waals surface area contributed by atoms with Crippen LogP contribution in [0, 0.1) is 12.7 Å². The number of sulfonamides is 1. The van der Waals surface area contributed by atoms with Crippen LogP contribution < -0.4 is 10.5 Å². The Morgan fingerprint density at radius 1 is 1.38 bits per heavy atom. The van der Waals surface area contributed by atoms with Gasteiger partial charge >= 0.3 is 0 Å². The van der Waals surface area contributed by atoms with Crippen LogP contribution in [0.3, 0.4) is 0 Å². The van der Waals surface area contributed by atoms with Crippen LogP contribution in [0.15, 0.2) is 39.8 Å². The third-order valence-electron chi connectivity index (χ3n) is 2.81. The molecule has 0 aliphatic rings. The van der Waals surface area contributed by atoms with Crippen molar-refractivity contribution in [1.29, 1.82) is 0 Å². The van der Waals surface area contributed by atoms with E-state index in [4.69, 9.17) is 5.73 Å². The topological polar surface area (TPSA) is 85.1 Å². The number of nitrogens with one attached hydrogen (secondary N) is 1. The number of aryl methyl sites for hydroxylation is 1. The molecule has 0 bridgehead atoms. The average Bonchev–Trinajstić information content (AvgIpc) is 2.43. The molecule has 2 aromatic rings. The van der Waals surface area contributed by atoms with Gasteiger partial charge in [-0.2, -0.15) is 0 Å². The molecule has 0 atom stereocenters. The predicted molar refractivity (Wildman–Crippen MR) is 81.8 cm³/mol. The van der Waals surface area contributed by atoms with Crippen molar-refractivity contribution in [2.24, 2.45) is 5.73 Å². The summed E-state index contributed by atoms with van der Waals surface area (Å²) in [5.41, 5.74) is 6.78. The molecule has 1 aromatic carbocycles. The summed E-state index contributed by atoms with van der Waals surface area (Å²) in [6.07, 6.45) is 1.47. The van der Waals surface area contributed by atoms with Gasteiger partial charge in [0.1, 0.15) is 16.5 Å². The number of hydrogen-bond donors (Lipinski definition) is 2. The first-order valence-corrected chi connectivity index (χ1v) is 8.24. The van der Waals surface area contributed by atoms with Crippen molar-refractivity contribution in [3.8, 4) is 0 Å². The van der Waals surface area contributed by atoms with Crippen molar-refractivity contribution in [2.75, 3.05) is 4.72 Å². The van der Waals surface area contributed by atoms with E-state index in [1.54, 1.807) is 13.0 Å². The van der Waals surface area contributed by atoms with Crippen LogP contribution in [-0.2, 0) is 16.6 Å². The van der Waals surface area contributed by atoms with E-state index in [0.717, 1.165) is 16.1 Å². The van der Waals surface area contributed by atoms with Gasteiger partial charge in [-0.25, -0.2) is 17.8 Å². The highest BCUT2D eigenvalue weighted by Gasteiger charge is 2.20. The quantitative estimate of drug-likeness (QED) is 0.862. The lowest BCUT2D eigenvalue weighted by molar-refractivity contribution is 0.569. The lowest BCUT2D eigenvalue weighted by atomic mass is 10.2. The molecule has 1 heterocycles. The zero-order valence-electron chi connectivity index (χ0n) is 11.1. The number of nitrogens with two attached hydrogens (primary N) is 1. The smallest absolute Gasteiger partial charge is 0.265 e. The summed E-state index contributed by atoms with van der Waals surface area (Å²) < 4.78 is 41.3. The Bertz CT molecular complexity index is 781. The van der Waals surface area contributed by atoms with Crippen LogP contribution in [0.1, 0.15) is 11.1 Å². The van der Waals surface area contributed by atoms with E-state index in [2.05, 4.69) is 25.6 Å². The fraction of sp³-hybridized carbons (Fsp3) is 0.154. The molecule has 0 amide bonds.